The second kappa shape index (κ2) is 4.74. The molecule has 3 aromatic rings. The van der Waals surface area contributed by atoms with E-state index in [9.17, 15) is 0 Å². The molecule has 0 aliphatic carbocycles. The number of aromatic nitrogens is 1. The normalized spacial score (nSPS) is 10.8. The molecule has 0 amide bonds. The van der Waals surface area contributed by atoms with E-state index in [1.54, 1.807) is 13.3 Å². The van der Waals surface area contributed by atoms with E-state index in [1.165, 1.54) is 0 Å². The minimum absolute atomic E-state index is 0.487. The molecule has 0 unspecified atom stereocenters. The fourth-order valence-electron chi connectivity index (χ4n) is 2.03. The molecule has 96 valence electrons. The Bertz CT molecular complexity index is 702. The average Bonchev–Trinajstić information content (AvgIpc) is 2.91. The molecule has 2 N–H and O–H groups in total. The summed E-state index contributed by atoms with van der Waals surface area (Å²) in [6, 6.07) is 11.5. The number of hydrogen-bond acceptors (Lipinski definition) is 4. The van der Waals surface area contributed by atoms with Crippen LogP contribution in [0.2, 0.25) is 0 Å². The Balaban J connectivity index is 2.09. The summed E-state index contributed by atoms with van der Waals surface area (Å²) < 4.78 is 11.1. The first-order valence-electron chi connectivity index (χ1n) is 6.03. The lowest BCUT2D eigenvalue weighted by Crippen LogP contribution is -1.96. The van der Waals surface area contributed by atoms with Crippen LogP contribution in [0.5, 0.6) is 5.75 Å². The molecule has 0 aliphatic rings. The third-order valence-corrected chi connectivity index (χ3v) is 3.05. The van der Waals surface area contributed by atoms with Gasteiger partial charge in [-0.1, -0.05) is 12.1 Å². The van der Waals surface area contributed by atoms with Crippen molar-refractivity contribution in [2.75, 3.05) is 7.11 Å². The van der Waals surface area contributed by atoms with Crippen molar-refractivity contribution >= 4 is 11.0 Å². The lowest BCUT2D eigenvalue weighted by molar-refractivity contribution is 0.419. The molecule has 2 aromatic heterocycles. The maximum absolute atomic E-state index is 5.80. The zero-order valence-corrected chi connectivity index (χ0v) is 10.6. The molecular formula is C15H14N2O2. The molecule has 0 saturated heterocycles. The van der Waals surface area contributed by atoms with Crippen LogP contribution in [0.3, 0.4) is 0 Å². The quantitative estimate of drug-likeness (QED) is 0.780. The van der Waals surface area contributed by atoms with Crippen LogP contribution in [0.25, 0.3) is 22.4 Å². The van der Waals surface area contributed by atoms with Crippen LogP contribution in [-0.4, -0.2) is 12.1 Å². The molecule has 3 rings (SSSR count). The van der Waals surface area contributed by atoms with E-state index >= 15 is 0 Å². The summed E-state index contributed by atoms with van der Waals surface area (Å²) in [6.45, 7) is 0.487. The number of pyridine rings is 1. The van der Waals surface area contributed by atoms with Crippen molar-refractivity contribution in [1.82, 2.24) is 4.98 Å². The van der Waals surface area contributed by atoms with Crippen LogP contribution in [0, 0.1) is 0 Å². The number of nitrogens with two attached hydrogens (primary N) is 1. The fourth-order valence-corrected chi connectivity index (χ4v) is 2.03. The van der Waals surface area contributed by atoms with Crippen molar-refractivity contribution in [2.24, 2.45) is 5.73 Å². The van der Waals surface area contributed by atoms with Gasteiger partial charge in [0.15, 0.2) is 5.76 Å². The Labute approximate surface area is 110 Å². The second-order valence-corrected chi connectivity index (χ2v) is 4.24. The summed E-state index contributed by atoms with van der Waals surface area (Å²) in [4.78, 5) is 4.36. The molecule has 0 spiro atoms. The number of methoxy groups -OCH3 is 1. The van der Waals surface area contributed by atoms with Gasteiger partial charge in [0.2, 0.25) is 0 Å². The van der Waals surface area contributed by atoms with Gasteiger partial charge in [0.05, 0.1) is 12.5 Å². The van der Waals surface area contributed by atoms with Crippen molar-refractivity contribution in [3.63, 3.8) is 0 Å². The highest BCUT2D eigenvalue weighted by Crippen LogP contribution is 2.32. The molecule has 19 heavy (non-hydrogen) atoms. The van der Waals surface area contributed by atoms with Gasteiger partial charge in [0, 0.05) is 12.7 Å². The monoisotopic (exact) mass is 254 g/mol. The van der Waals surface area contributed by atoms with Gasteiger partial charge in [0.1, 0.15) is 17.0 Å². The van der Waals surface area contributed by atoms with Crippen molar-refractivity contribution in [1.29, 1.82) is 0 Å². The van der Waals surface area contributed by atoms with E-state index in [-0.39, 0.29) is 0 Å². The van der Waals surface area contributed by atoms with Gasteiger partial charge >= 0.3 is 0 Å². The predicted octanol–water partition coefficient (Wildman–Crippen LogP) is 2.96. The van der Waals surface area contributed by atoms with Crippen LogP contribution in [-0.2, 0) is 6.54 Å². The van der Waals surface area contributed by atoms with Gasteiger partial charge in [-0.25, -0.2) is 0 Å². The van der Waals surface area contributed by atoms with Gasteiger partial charge in [-0.05, 0) is 29.8 Å². The summed E-state index contributed by atoms with van der Waals surface area (Å²) in [6.07, 6.45) is 1.76. The minimum atomic E-state index is 0.487. The third kappa shape index (κ3) is 2.06. The second-order valence-electron chi connectivity index (χ2n) is 4.24. The molecule has 0 bridgehead atoms. The van der Waals surface area contributed by atoms with E-state index in [4.69, 9.17) is 14.9 Å². The zero-order chi connectivity index (χ0) is 13.2. The number of hydrogen-bond donors (Lipinski definition) is 1. The van der Waals surface area contributed by atoms with Crippen LogP contribution in [0.1, 0.15) is 5.56 Å². The summed E-state index contributed by atoms with van der Waals surface area (Å²) in [5, 5.41) is 0.949. The highest BCUT2D eigenvalue weighted by Gasteiger charge is 2.10. The van der Waals surface area contributed by atoms with Gasteiger partial charge in [-0.15, -0.1) is 0 Å². The number of ether oxygens (including phenoxy) is 1. The van der Waals surface area contributed by atoms with E-state index in [0.717, 1.165) is 33.7 Å². The van der Waals surface area contributed by atoms with Gasteiger partial charge in [0.25, 0.3) is 0 Å². The van der Waals surface area contributed by atoms with Crippen molar-refractivity contribution < 1.29 is 9.15 Å². The summed E-state index contributed by atoms with van der Waals surface area (Å²) >= 11 is 0. The highest BCUT2D eigenvalue weighted by molar-refractivity contribution is 5.87. The summed E-state index contributed by atoms with van der Waals surface area (Å²) in [5.74, 6) is 1.52. The summed E-state index contributed by atoms with van der Waals surface area (Å²) in [7, 11) is 1.65. The minimum Gasteiger partial charge on any atom is -0.496 e. The molecule has 0 atom stereocenters. The van der Waals surface area contributed by atoms with Gasteiger partial charge in [-0.2, -0.15) is 0 Å². The van der Waals surface area contributed by atoms with Gasteiger partial charge in [-0.3, -0.25) is 4.98 Å². The predicted molar refractivity (Wildman–Crippen MR) is 73.9 cm³/mol. The van der Waals surface area contributed by atoms with Crippen LogP contribution in [0.4, 0.5) is 0 Å². The Morgan fingerprint density at radius 1 is 1.26 bits per heavy atom. The van der Waals surface area contributed by atoms with Crippen LogP contribution >= 0.6 is 0 Å². The number of fused-ring (bicyclic) bond motifs is 1. The molecule has 0 fully saturated rings. The van der Waals surface area contributed by atoms with E-state index < -0.39 is 0 Å². The zero-order valence-electron chi connectivity index (χ0n) is 10.6. The molecule has 0 aliphatic heterocycles. The topological polar surface area (TPSA) is 61.3 Å². The third-order valence-electron chi connectivity index (χ3n) is 3.05. The first-order chi connectivity index (χ1) is 9.31. The van der Waals surface area contributed by atoms with Crippen LogP contribution < -0.4 is 10.5 Å². The summed E-state index contributed by atoms with van der Waals surface area (Å²) in [5.41, 5.74) is 8.13. The first kappa shape index (κ1) is 11.7. The lowest BCUT2D eigenvalue weighted by atomic mass is 10.2. The maximum Gasteiger partial charge on any atom is 0.153 e. The van der Waals surface area contributed by atoms with E-state index in [0.29, 0.717) is 6.54 Å². The van der Waals surface area contributed by atoms with Crippen molar-refractivity contribution in [3.8, 4) is 17.2 Å². The first-order valence-corrected chi connectivity index (χ1v) is 6.03. The number of nitrogens with zero attached hydrogens (tertiary/aromatic N) is 1. The molecule has 4 heteroatoms. The molecule has 4 nitrogen and oxygen atoms in total. The number of furan rings is 1. The molecular weight excluding hydrogens is 240 g/mol. The Hall–Kier alpha value is -2.33. The standard InChI is InChI=1S/C15H14N2O2/c1-18-13-3-2-4-14-11(13)7-15(19-14)12-6-5-10(8-16)9-17-12/h2-7,9H,8,16H2,1H3. The van der Waals surface area contributed by atoms with Crippen LogP contribution in [0.15, 0.2) is 47.0 Å². The molecule has 1 aromatic carbocycles. The van der Waals surface area contributed by atoms with Gasteiger partial charge < -0.3 is 14.9 Å². The fraction of sp³-hybridized carbons (Fsp3) is 0.133. The van der Waals surface area contributed by atoms with E-state index in [2.05, 4.69) is 4.98 Å². The largest absolute Gasteiger partial charge is 0.496 e. The number of rotatable bonds is 3. The molecule has 0 radical (unpaired) electrons. The van der Waals surface area contributed by atoms with E-state index in [1.807, 2.05) is 36.4 Å². The Morgan fingerprint density at radius 2 is 2.16 bits per heavy atom. The smallest absolute Gasteiger partial charge is 0.153 e. The Morgan fingerprint density at radius 3 is 2.84 bits per heavy atom. The number of benzene rings is 1. The highest BCUT2D eigenvalue weighted by atomic mass is 16.5. The van der Waals surface area contributed by atoms with Crippen molar-refractivity contribution in [2.45, 2.75) is 6.54 Å². The molecule has 2 heterocycles. The average molecular weight is 254 g/mol. The maximum atomic E-state index is 5.80. The SMILES string of the molecule is COc1cccc2oc(-c3ccc(CN)cn3)cc12. The molecule has 0 saturated carbocycles. The Kier molecular flexibility index (Phi) is 2.93. The lowest BCUT2D eigenvalue weighted by Gasteiger charge is -1.98. The van der Waals surface area contributed by atoms with Crippen molar-refractivity contribution in [3.05, 3.63) is 48.2 Å².